The number of carboxylic acid groups (broad SMARTS) is 2. The zero-order valence-electron chi connectivity index (χ0n) is 63.7. The summed E-state index contributed by atoms with van der Waals surface area (Å²) in [4.78, 5) is 235. The quantitative estimate of drug-likeness (QED) is 0.0127. The van der Waals surface area contributed by atoms with Crippen LogP contribution in [-0.4, -0.2) is 268 Å². The number of aromatic hydroxyl groups is 2. The number of nitrogens with one attached hydrogen (secondary N) is 19. The maximum atomic E-state index is 13.9. The highest BCUT2D eigenvalue weighted by molar-refractivity contribution is 7.80. The predicted molar refractivity (Wildman–Crippen MR) is 409 cm³/mol. The number of hydrogen-bond donors (Lipinski definition) is 29. The van der Waals surface area contributed by atoms with Crippen LogP contribution in [0.15, 0.2) is 48.5 Å². The Hall–Kier alpha value is -12.7. The van der Waals surface area contributed by atoms with Crippen molar-refractivity contribution in [3.8, 4) is 11.5 Å². The molecule has 115 heavy (non-hydrogen) atoms. The van der Waals surface area contributed by atoms with E-state index in [-0.39, 0.29) is 81.4 Å². The second-order valence-electron chi connectivity index (χ2n) is 26.5. The first-order valence-electron chi connectivity index (χ1n) is 35.9. The highest BCUT2D eigenvalue weighted by Crippen LogP contribution is 2.15. The molecule has 0 fully saturated rings. The average molecular weight is 1640 g/mol. The second kappa shape index (κ2) is 51.0. The Balaban J connectivity index is 2.04. The number of benzene rings is 2. The van der Waals surface area contributed by atoms with Gasteiger partial charge in [-0.1, -0.05) is 38.1 Å². The highest BCUT2D eigenvalue weighted by Gasteiger charge is 2.36. The standard InChI is InChI=1S/C68H105N23O23S/c1-32(2)22-40(69)59(107)88-44(23-36-10-14-38(93)15-11-36)63(111)86-41(8-6-20-75-67(71)72)60(108)82-34(4)57(105)80-29-51(97)81-33(3)56(104)79-27-50(96)77-26-49(95)78-28-52(98)84-46(25-54(101)102)65(113)91-48(31-115)66(114)87-42(9-7-21-76-68(73)74)61(109)83-35(5)58(106)85-43(18-19-53(99)100)62(110)89-45(24-37-12-16-39(94)17-13-37)64(112)90-47(30-92)55(70)103/h10-17,32-35,40-48,92-94,115H,6-9,18-31,69H2,1-5H3,(H2,70,103)(H,77,96)(H,78,95)(H,79,104)(H,80,105)(H,81,97)(H,82,108)(H,83,109)(H,84,98)(H,85,106)(H,86,111)(H,87,114)(H,88,107)(H,89,110)(H,90,112)(H,91,113)(H,99,100)(H,101,102)(H4,71,72,75)(H4,73,74,76)/t33-,34-,35-,40-,41-,42-,43-,44-,45-,46-,47-,48-/m0/s1. The van der Waals surface area contributed by atoms with Crippen LogP contribution in [0.5, 0.6) is 11.5 Å². The molecule has 2 aromatic carbocycles. The lowest BCUT2D eigenvalue weighted by Gasteiger charge is -2.26. The normalized spacial score (nSPS) is 13.9. The Morgan fingerprint density at radius 1 is 0.391 bits per heavy atom. The zero-order chi connectivity index (χ0) is 86.8. The van der Waals surface area contributed by atoms with Crippen molar-refractivity contribution in [1.82, 2.24) is 90.4 Å². The maximum absolute atomic E-state index is 13.9. The molecule has 0 bridgehead atoms. The number of hydrogen-bond acceptors (Lipinski definition) is 25. The van der Waals surface area contributed by atoms with Gasteiger partial charge in [0, 0.05) is 38.1 Å². The lowest BCUT2D eigenvalue weighted by molar-refractivity contribution is -0.141. The van der Waals surface area contributed by atoms with Crippen molar-refractivity contribution < 1.29 is 112 Å². The third-order valence-corrected chi connectivity index (χ3v) is 16.7. The van der Waals surface area contributed by atoms with Gasteiger partial charge in [-0.2, -0.15) is 12.6 Å². The molecule has 0 saturated heterocycles. The van der Waals surface area contributed by atoms with Gasteiger partial charge in [0.05, 0.1) is 45.2 Å². The number of carbonyl (C=O) groups is 18. The van der Waals surface area contributed by atoms with Gasteiger partial charge in [0.2, 0.25) is 94.5 Å². The van der Waals surface area contributed by atoms with Gasteiger partial charge >= 0.3 is 11.9 Å². The van der Waals surface area contributed by atoms with E-state index in [0.717, 1.165) is 6.92 Å². The molecular formula is C68H105N23O23S. The summed E-state index contributed by atoms with van der Waals surface area (Å²) in [6, 6.07) is -6.96. The molecule has 636 valence electrons. The lowest BCUT2D eigenvalue weighted by Crippen LogP contribution is -2.60. The van der Waals surface area contributed by atoms with E-state index >= 15 is 0 Å². The van der Waals surface area contributed by atoms with E-state index in [9.17, 15) is 112 Å². The van der Waals surface area contributed by atoms with Crippen molar-refractivity contribution in [2.45, 2.75) is 171 Å². The van der Waals surface area contributed by atoms with Crippen LogP contribution < -0.4 is 113 Å². The van der Waals surface area contributed by atoms with Crippen LogP contribution in [0.25, 0.3) is 0 Å². The molecule has 32 N–H and O–H groups in total. The summed E-state index contributed by atoms with van der Waals surface area (Å²) in [5.74, 6) is -20.8. The smallest absolute Gasteiger partial charge is 0.305 e. The van der Waals surface area contributed by atoms with Crippen LogP contribution in [0.2, 0.25) is 0 Å². The van der Waals surface area contributed by atoms with Crippen molar-refractivity contribution in [3.63, 3.8) is 0 Å². The van der Waals surface area contributed by atoms with Crippen molar-refractivity contribution in [2.24, 2.45) is 28.9 Å². The number of aliphatic carboxylic acids is 2. The lowest BCUT2D eigenvalue weighted by atomic mass is 10.0. The van der Waals surface area contributed by atoms with Gasteiger partial charge in [-0.05, 0) is 101 Å². The largest absolute Gasteiger partial charge is 0.508 e. The number of aliphatic hydroxyl groups is 1. The molecular weight excluding hydrogens is 1540 g/mol. The van der Waals surface area contributed by atoms with E-state index in [0.29, 0.717) is 11.1 Å². The number of rotatable bonds is 52. The molecule has 0 aromatic heterocycles. The number of primary amides is 1. The molecule has 0 aliphatic heterocycles. The van der Waals surface area contributed by atoms with Gasteiger partial charge in [-0.15, -0.1) is 0 Å². The van der Waals surface area contributed by atoms with E-state index in [4.69, 9.17) is 33.8 Å². The number of nitrogens with two attached hydrogens (primary N) is 4. The van der Waals surface area contributed by atoms with Crippen molar-refractivity contribution >= 4 is 131 Å². The number of phenols is 2. The first-order valence-corrected chi connectivity index (χ1v) is 36.5. The molecule has 0 aliphatic rings. The Morgan fingerprint density at radius 2 is 0.739 bits per heavy atom. The molecule has 47 heteroatoms. The first-order chi connectivity index (χ1) is 54.0. The predicted octanol–water partition coefficient (Wildman–Crippen LogP) is -10.6. The third kappa shape index (κ3) is 39.9. The molecule has 12 atom stereocenters. The zero-order valence-corrected chi connectivity index (χ0v) is 64.6. The molecule has 0 unspecified atom stereocenters. The van der Waals surface area contributed by atoms with Crippen LogP contribution >= 0.6 is 12.6 Å². The van der Waals surface area contributed by atoms with Gasteiger partial charge in [-0.25, -0.2) is 0 Å². The molecule has 0 heterocycles. The number of amides is 16. The fourth-order valence-electron chi connectivity index (χ4n) is 10.1. The topological polar surface area (TPSA) is 765 Å². The van der Waals surface area contributed by atoms with Gasteiger partial charge in [-0.3, -0.25) is 97.1 Å². The Kier molecular flexibility index (Phi) is 43.7. The molecule has 2 aromatic rings. The van der Waals surface area contributed by atoms with Crippen LogP contribution in [0, 0.1) is 16.7 Å². The molecule has 46 nitrogen and oxygen atoms in total. The maximum Gasteiger partial charge on any atom is 0.305 e. The van der Waals surface area contributed by atoms with Crippen molar-refractivity contribution in [3.05, 3.63) is 59.7 Å². The summed E-state index contributed by atoms with van der Waals surface area (Å²) in [7, 11) is 0. The molecule has 16 amide bonds. The minimum absolute atomic E-state index is 0.0130. The van der Waals surface area contributed by atoms with E-state index in [1.807, 2.05) is 13.8 Å². The molecule has 0 aliphatic carbocycles. The molecule has 2 rings (SSSR count). The molecule has 0 radical (unpaired) electrons. The Morgan fingerprint density at radius 3 is 1.17 bits per heavy atom. The number of thiol groups is 1. The van der Waals surface area contributed by atoms with Gasteiger partial charge in [0.25, 0.3) is 0 Å². The van der Waals surface area contributed by atoms with E-state index in [2.05, 4.69) is 103 Å². The Bertz CT molecular complexity index is 3770. The number of carbonyl (C=O) groups excluding carboxylic acids is 16. The summed E-state index contributed by atoms with van der Waals surface area (Å²) < 4.78 is 0. The van der Waals surface area contributed by atoms with Crippen LogP contribution in [0.3, 0.4) is 0 Å². The SMILES string of the molecule is CC(C)C[C@H](N)C(=O)N[C@@H](Cc1ccc(O)cc1)C(=O)N[C@@H](CCCNC(=N)N)C(=O)N[C@@H](C)C(=O)NCC(=O)N[C@@H](C)C(=O)NCC(=O)NCC(=O)NCC(=O)N[C@@H](CC(=O)O)C(=O)N[C@@H](CS)C(=O)N[C@@H](CCCNC(=N)N)C(=O)N[C@@H](C)C(=O)N[C@@H](CCC(=O)O)C(=O)N[C@@H](Cc1ccc(O)cc1)C(=O)N[C@@H](CO)C(N)=O. The van der Waals surface area contributed by atoms with Crippen molar-refractivity contribution in [1.29, 1.82) is 10.8 Å². The van der Waals surface area contributed by atoms with Gasteiger partial charge < -0.3 is 139 Å². The number of phenolic OH excluding ortho intramolecular Hbond substituents is 2. The van der Waals surface area contributed by atoms with Crippen molar-refractivity contribution in [2.75, 3.05) is 51.6 Å². The van der Waals surface area contributed by atoms with Gasteiger partial charge in [0.15, 0.2) is 11.9 Å². The minimum atomic E-state index is -1.95. The summed E-state index contributed by atoms with van der Waals surface area (Å²) in [6.07, 6.45) is -2.75. The fraction of sp³-hybridized carbons (Fsp3) is 0.529. The number of aliphatic hydroxyl groups excluding tert-OH is 1. The first kappa shape index (κ1) is 98.4. The minimum Gasteiger partial charge on any atom is -0.508 e. The van der Waals surface area contributed by atoms with E-state index in [1.165, 1.54) is 62.4 Å². The summed E-state index contributed by atoms with van der Waals surface area (Å²) in [5, 5.41) is 103. The van der Waals surface area contributed by atoms with Crippen LogP contribution in [-0.2, 0) is 99.1 Å². The van der Waals surface area contributed by atoms with E-state index < -0.39 is 243 Å². The number of carboxylic acids is 2. The van der Waals surface area contributed by atoms with Gasteiger partial charge in [0.1, 0.15) is 78.0 Å². The average Bonchev–Trinajstić information content (AvgIpc) is 0.863. The summed E-state index contributed by atoms with van der Waals surface area (Å²) in [5.41, 5.74) is 23.0. The third-order valence-electron chi connectivity index (χ3n) is 16.3. The monoisotopic (exact) mass is 1640 g/mol. The summed E-state index contributed by atoms with van der Waals surface area (Å²) >= 11 is 4.10. The highest BCUT2D eigenvalue weighted by atomic mass is 32.1. The summed E-state index contributed by atoms with van der Waals surface area (Å²) in [6.45, 7) is 3.17. The molecule has 0 spiro atoms. The number of guanidine groups is 2. The van der Waals surface area contributed by atoms with Crippen LogP contribution in [0.4, 0.5) is 0 Å². The fourth-order valence-corrected chi connectivity index (χ4v) is 10.4. The second-order valence-corrected chi connectivity index (χ2v) is 26.9. The Labute approximate surface area is 664 Å². The van der Waals surface area contributed by atoms with E-state index in [1.54, 1.807) is 0 Å². The van der Waals surface area contributed by atoms with Crippen LogP contribution in [0.1, 0.15) is 97.1 Å². The molecule has 0 saturated carbocycles.